The summed E-state index contributed by atoms with van der Waals surface area (Å²) < 4.78 is 10.7. The Morgan fingerprint density at radius 2 is 2.12 bits per heavy atom. The van der Waals surface area contributed by atoms with Crippen molar-refractivity contribution in [2.45, 2.75) is 13.5 Å². The molecule has 0 atom stereocenters. The van der Waals surface area contributed by atoms with Crippen LogP contribution in [-0.4, -0.2) is 10.1 Å². The van der Waals surface area contributed by atoms with Crippen LogP contribution in [0.2, 0.25) is 0 Å². The third kappa shape index (κ3) is 3.79. The summed E-state index contributed by atoms with van der Waals surface area (Å²) in [7, 11) is 0. The number of hydrogen-bond acceptors (Lipinski definition) is 7. The molecule has 0 aliphatic heterocycles. The predicted octanol–water partition coefficient (Wildman–Crippen LogP) is 4.57. The quantitative estimate of drug-likeness (QED) is 0.467. The summed E-state index contributed by atoms with van der Waals surface area (Å²) >= 11 is 1.38. The number of nitriles is 1. The molecule has 0 aliphatic rings. The maximum Gasteiger partial charge on any atom is 0.338 e. The van der Waals surface area contributed by atoms with Gasteiger partial charge in [0.15, 0.2) is 5.69 Å². The lowest BCUT2D eigenvalue weighted by atomic mass is 10.2. The smallest absolute Gasteiger partial charge is 0.338 e. The Morgan fingerprint density at radius 3 is 2.81 bits per heavy atom. The number of nitrogens with zero attached hydrogens (tertiary/aromatic N) is 3. The molecule has 0 unspecified atom stereocenters. The molecular formula is C18H13N3O4S. The fraction of sp³-hybridized carbons (Fsp3) is 0.111. The van der Waals surface area contributed by atoms with E-state index >= 15 is 0 Å². The van der Waals surface area contributed by atoms with E-state index in [1.54, 1.807) is 18.2 Å². The number of aromatic nitrogens is 1. The summed E-state index contributed by atoms with van der Waals surface area (Å²) in [6.07, 6.45) is 3.21. The minimum Gasteiger partial charge on any atom is -0.489 e. The van der Waals surface area contributed by atoms with E-state index in [1.165, 1.54) is 24.3 Å². The van der Waals surface area contributed by atoms with Gasteiger partial charge in [-0.1, -0.05) is 23.4 Å². The average Bonchev–Trinajstić information content (AvgIpc) is 3.24. The van der Waals surface area contributed by atoms with Crippen LogP contribution in [0.25, 0.3) is 12.2 Å². The molecule has 2 aromatic heterocycles. The van der Waals surface area contributed by atoms with Gasteiger partial charge in [-0.25, -0.2) is 0 Å². The predicted molar refractivity (Wildman–Crippen MR) is 96.6 cm³/mol. The van der Waals surface area contributed by atoms with E-state index in [4.69, 9.17) is 14.5 Å². The van der Waals surface area contributed by atoms with Gasteiger partial charge in [-0.2, -0.15) is 5.26 Å². The van der Waals surface area contributed by atoms with Crippen LogP contribution in [0.4, 0.5) is 5.69 Å². The van der Waals surface area contributed by atoms with Gasteiger partial charge in [0.1, 0.15) is 23.3 Å². The Balaban J connectivity index is 1.67. The molecular weight excluding hydrogens is 354 g/mol. The molecule has 3 aromatic rings. The molecule has 7 nitrogen and oxygen atoms in total. The highest BCUT2D eigenvalue weighted by molar-refractivity contribution is 7.10. The summed E-state index contributed by atoms with van der Waals surface area (Å²) in [5, 5.41) is 25.5. The number of nitro groups is 1. The number of rotatable bonds is 6. The Labute approximate surface area is 152 Å². The first-order valence-corrected chi connectivity index (χ1v) is 8.44. The van der Waals surface area contributed by atoms with Crippen LogP contribution in [0.5, 0.6) is 5.75 Å². The van der Waals surface area contributed by atoms with Crippen molar-refractivity contribution in [2.75, 3.05) is 0 Å². The van der Waals surface area contributed by atoms with Gasteiger partial charge >= 0.3 is 5.69 Å². The van der Waals surface area contributed by atoms with Crippen LogP contribution in [0.1, 0.15) is 27.5 Å². The summed E-state index contributed by atoms with van der Waals surface area (Å²) in [6.45, 7) is 1.85. The molecule has 0 amide bonds. The standard InChI is InChI=1S/C18H13N3O4S/c1-12-18(21(22)23)16(25-20-12)7-4-13-2-5-15(6-3-13)24-11-14-8-9-26-17(14)10-19/h2-9H,11H2,1H3/b7-4+. The van der Waals surface area contributed by atoms with Crippen LogP contribution < -0.4 is 4.74 Å². The minimum atomic E-state index is -0.512. The Morgan fingerprint density at radius 1 is 1.35 bits per heavy atom. The lowest BCUT2D eigenvalue weighted by Gasteiger charge is -2.05. The van der Waals surface area contributed by atoms with Crippen molar-refractivity contribution in [3.8, 4) is 11.8 Å². The van der Waals surface area contributed by atoms with Crippen LogP contribution in [0.15, 0.2) is 40.2 Å². The second kappa shape index (κ2) is 7.63. The lowest BCUT2D eigenvalue weighted by molar-refractivity contribution is -0.386. The Hall–Kier alpha value is -3.44. The molecule has 0 aliphatic carbocycles. The van der Waals surface area contributed by atoms with Gasteiger partial charge in [0, 0.05) is 5.56 Å². The van der Waals surface area contributed by atoms with Crippen molar-refractivity contribution in [2.24, 2.45) is 0 Å². The molecule has 3 rings (SSSR count). The van der Waals surface area contributed by atoms with E-state index in [9.17, 15) is 10.1 Å². The highest BCUT2D eigenvalue weighted by atomic mass is 32.1. The second-order valence-electron chi connectivity index (χ2n) is 5.32. The van der Waals surface area contributed by atoms with Crippen molar-refractivity contribution in [3.05, 3.63) is 73.3 Å². The second-order valence-corrected chi connectivity index (χ2v) is 6.23. The van der Waals surface area contributed by atoms with Gasteiger partial charge in [-0.3, -0.25) is 10.1 Å². The van der Waals surface area contributed by atoms with Crippen molar-refractivity contribution >= 4 is 29.2 Å². The molecule has 130 valence electrons. The van der Waals surface area contributed by atoms with Crippen molar-refractivity contribution < 1.29 is 14.2 Å². The van der Waals surface area contributed by atoms with Gasteiger partial charge in [0.05, 0.1) is 4.92 Å². The molecule has 0 N–H and O–H groups in total. The Bertz CT molecular complexity index is 996. The molecule has 2 heterocycles. The third-order valence-electron chi connectivity index (χ3n) is 3.59. The molecule has 8 heteroatoms. The average molecular weight is 367 g/mol. The zero-order valence-electron chi connectivity index (χ0n) is 13.7. The summed E-state index contributed by atoms with van der Waals surface area (Å²) in [5.41, 5.74) is 1.79. The number of aryl methyl sites for hydroxylation is 1. The summed E-state index contributed by atoms with van der Waals surface area (Å²) in [6, 6.07) is 11.2. The van der Waals surface area contributed by atoms with Crippen molar-refractivity contribution in [1.29, 1.82) is 5.26 Å². The molecule has 26 heavy (non-hydrogen) atoms. The van der Waals surface area contributed by atoms with E-state index in [0.29, 0.717) is 17.2 Å². The van der Waals surface area contributed by atoms with Crippen LogP contribution >= 0.6 is 11.3 Å². The van der Waals surface area contributed by atoms with Crippen LogP contribution in [0.3, 0.4) is 0 Å². The first-order chi connectivity index (χ1) is 12.6. The SMILES string of the molecule is Cc1noc(/C=C/c2ccc(OCc3ccsc3C#N)cc2)c1[N+](=O)[O-]. The van der Waals surface area contributed by atoms with Crippen LogP contribution in [-0.2, 0) is 6.61 Å². The number of thiophene rings is 1. The van der Waals surface area contributed by atoms with Crippen molar-refractivity contribution in [1.82, 2.24) is 5.16 Å². The molecule has 0 fully saturated rings. The van der Waals surface area contributed by atoms with Gasteiger partial charge in [0.2, 0.25) is 5.76 Å². The van der Waals surface area contributed by atoms with Gasteiger partial charge in [0.25, 0.3) is 0 Å². The molecule has 0 spiro atoms. The zero-order valence-corrected chi connectivity index (χ0v) is 14.5. The molecule has 0 saturated carbocycles. The molecule has 0 saturated heterocycles. The minimum absolute atomic E-state index is 0.106. The molecule has 0 bridgehead atoms. The van der Waals surface area contributed by atoms with E-state index in [-0.39, 0.29) is 17.1 Å². The fourth-order valence-corrected chi connectivity index (χ4v) is 2.97. The maximum atomic E-state index is 11.0. The highest BCUT2D eigenvalue weighted by Gasteiger charge is 2.21. The first-order valence-electron chi connectivity index (χ1n) is 7.56. The van der Waals surface area contributed by atoms with Gasteiger partial charge < -0.3 is 9.26 Å². The van der Waals surface area contributed by atoms with E-state index in [1.807, 2.05) is 23.6 Å². The first kappa shape index (κ1) is 17.4. The largest absolute Gasteiger partial charge is 0.489 e. The highest BCUT2D eigenvalue weighted by Crippen LogP contribution is 2.25. The van der Waals surface area contributed by atoms with Crippen molar-refractivity contribution in [3.63, 3.8) is 0 Å². The summed E-state index contributed by atoms with van der Waals surface area (Å²) in [4.78, 5) is 11.1. The van der Waals surface area contributed by atoms with Crippen LogP contribution in [0, 0.1) is 28.4 Å². The third-order valence-corrected chi connectivity index (χ3v) is 4.45. The van der Waals surface area contributed by atoms with E-state index in [2.05, 4.69) is 11.2 Å². The maximum absolute atomic E-state index is 11.0. The van der Waals surface area contributed by atoms with Gasteiger partial charge in [-0.15, -0.1) is 11.3 Å². The fourth-order valence-electron chi connectivity index (χ4n) is 2.27. The van der Waals surface area contributed by atoms with Gasteiger partial charge in [-0.05, 0) is 42.1 Å². The van der Waals surface area contributed by atoms with E-state index < -0.39 is 4.92 Å². The normalized spacial score (nSPS) is 10.8. The number of ether oxygens (including phenoxy) is 1. The topological polar surface area (TPSA) is 102 Å². The molecule has 0 radical (unpaired) electrons. The lowest BCUT2D eigenvalue weighted by Crippen LogP contribution is -1.95. The summed E-state index contributed by atoms with van der Waals surface area (Å²) in [5.74, 6) is 0.771. The number of hydrogen-bond donors (Lipinski definition) is 0. The Kier molecular flexibility index (Phi) is 5.10. The van der Waals surface area contributed by atoms with E-state index in [0.717, 1.165) is 11.1 Å². The zero-order chi connectivity index (χ0) is 18.5. The number of benzene rings is 1. The molecule has 1 aromatic carbocycles. The monoisotopic (exact) mass is 367 g/mol.